The molecule has 0 aliphatic rings. The van der Waals surface area contributed by atoms with Gasteiger partial charge < -0.3 is 5.73 Å². The molecule has 0 fully saturated rings. The lowest BCUT2D eigenvalue weighted by Gasteiger charge is -2.08. The van der Waals surface area contributed by atoms with Crippen LogP contribution in [0.4, 0.5) is 0 Å². The van der Waals surface area contributed by atoms with Crippen LogP contribution in [0.15, 0.2) is 66.3 Å². The Hall–Kier alpha value is -3.34. The topological polar surface area (TPSA) is 76.2 Å². The first-order chi connectivity index (χ1) is 12.5. The largest absolute Gasteiger partial charge is 0.405 e. The van der Waals surface area contributed by atoms with Gasteiger partial charge in [0, 0.05) is 29.8 Å². The molecular formula is C21H22N4O. The van der Waals surface area contributed by atoms with E-state index in [-0.39, 0.29) is 5.56 Å². The van der Waals surface area contributed by atoms with Gasteiger partial charge in [-0.15, -0.1) is 0 Å². The Balaban J connectivity index is 2.13. The van der Waals surface area contributed by atoms with Crippen molar-refractivity contribution in [2.45, 2.75) is 20.3 Å². The lowest BCUT2D eigenvalue weighted by Crippen LogP contribution is -2.15. The molecule has 132 valence electrons. The molecule has 0 amide bonds. The Labute approximate surface area is 152 Å². The van der Waals surface area contributed by atoms with Crippen LogP contribution in [0.25, 0.3) is 11.2 Å². The average molecular weight is 346 g/mol. The molecule has 5 heteroatoms. The minimum atomic E-state index is -0.169. The van der Waals surface area contributed by atoms with E-state index in [0.717, 1.165) is 11.1 Å². The molecule has 0 aliphatic carbocycles. The summed E-state index contributed by atoms with van der Waals surface area (Å²) in [6, 6.07) is 7.74. The van der Waals surface area contributed by atoms with Crippen molar-refractivity contribution in [3.05, 3.63) is 99.8 Å². The van der Waals surface area contributed by atoms with Crippen molar-refractivity contribution in [2.75, 3.05) is 0 Å². The van der Waals surface area contributed by atoms with E-state index in [0.29, 0.717) is 17.8 Å². The van der Waals surface area contributed by atoms with Crippen LogP contribution in [0.3, 0.4) is 0 Å². The number of nitrogens with zero attached hydrogens (tertiary/aromatic N) is 2. The van der Waals surface area contributed by atoms with E-state index in [9.17, 15) is 4.79 Å². The van der Waals surface area contributed by atoms with E-state index in [4.69, 9.17) is 10.7 Å². The zero-order valence-corrected chi connectivity index (χ0v) is 15.0. The van der Waals surface area contributed by atoms with Crippen LogP contribution in [0.1, 0.15) is 27.9 Å². The van der Waals surface area contributed by atoms with Gasteiger partial charge in [-0.1, -0.05) is 36.9 Å². The fourth-order valence-corrected chi connectivity index (χ4v) is 2.97. The molecule has 1 aromatic carbocycles. The standard InChI is InChI=1S/C21H22N4O/c1-4-6-16(9-10-22)19-12-20(26)25-21(24-19)18(13-23-25)11-17-8-5-7-14(2)15(17)3/h4-10,12-13,23H,1,11,22H2,2-3H3/b10-9-,16-6+. The molecule has 3 aromatic rings. The van der Waals surface area contributed by atoms with Gasteiger partial charge in [0.2, 0.25) is 0 Å². The maximum atomic E-state index is 12.5. The van der Waals surface area contributed by atoms with Crippen LogP contribution in [0, 0.1) is 13.8 Å². The number of rotatable bonds is 5. The summed E-state index contributed by atoms with van der Waals surface area (Å²) in [7, 11) is 0. The minimum Gasteiger partial charge on any atom is -0.405 e. The third-order valence-corrected chi connectivity index (χ3v) is 4.54. The highest BCUT2D eigenvalue weighted by Crippen LogP contribution is 2.20. The minimum absolute atomic E-state index is 0.169. The van der Waals surface area contributed by atoms with Gasteiger partial charge in [-0.3, -0.25) is 9.89 Å². The number of nitrogens with one attached hydrogen (secondary N) is 1. The number of aromatic nitrogens is 3. The summed E-state index contributed by atoms with van der Waals surface area (Å²) < 4.78 is 1.46. The number of allylic oxidation sites excluding steroid dienone is 4. The van der Waals surface area contributed by atoms with Crippen LogP contribution >= 0.6 is 0 Å². The lowest BCUT2D eigenvalue weighted by molar-refractivity contribution is 0.896. The normalized spacial score (nSPS) is 12.2. The zero-order chi connectivity index (χ0) is 18.7. The van der Waals surface area contributed by atoms with Crippen molar-refractivity contribution in [1.29, 1.82) is 0 Å². The van der Waals surface area contributed by atoms with Crippen LogP contribution in [0.2, 0.25) is 0 Å². The molecule has 0 spiro atoms. The third-order valence-electron chi connectivity index (χ3n) is 4.54. The van der Waals surface area contributed by atoms with Gasteiger partial charge in [-0.25, -0.2) is 9.50 Å². The van der Waals surface area contributed by atoms with Gasteiger partial charge >= 0.3 is 0 Å². The third kappa shape index (κ3) is 3.24. The molecule has 0 bridgehead atoms. The van der Waals surface area contributed by atoms with Crippen LogP contribution < -0.4 is 11.3 Å². The summed E-state index contributed by atoms with van der Waals surface area (Å²) in [6.07, 6.45) is 9.09. The van der Waals surface area contributed by atoms with Gasteiger partial charge in [0.05, 0.1) is 5.69 Å². The summed E-state index contributed by atoms with van der Waals surface area (Å²) in [4.78, 5) is 17.2. The number of hydrogen-bond acceptors (Lipinski definition) is 3. The van der Waals surface area contributed by atoms with E-state index in [1.807, 2.05) is 6.20 Å². The second-order valence-electron chi connectivity index (χ2n) is 6.19. The van der Waals surface area contributed by atoms with E-state index in [1.54, 1.807) is 18.2 Å². The Bertz CT molecular complexity index is 1080. The summed E-state index contributed by atoms with van der Waals surface area (Å²) >= 11 is 0. The quantitative estimate of drug-likeness (QED) is 0.696. The molecular weight excluding hydrogens is 324 g/mol. The molecule has 0 unspecified atom stereocenters. The Morgan fingerprint density at radius 3 is 2.88 bits per heavy atom. The Morgan fingerprint density at radius 2 is 2.15 bits per heavy atom. The number of aryl methyl sites for hydroxylation is 1. The van der Waals surface area contributed by atoms with Gasteiger partial charge in [-0.05, 0) is 42.8 Å². The predicted molar refractivity (Wildman–Crippen MR) is 106 cm³/mol. The Morgan fingerprint density at radius 1 is 1.35 bits per heavy atom. The van der Waals surface area contributed by atoms with Gasteiger partial charge in [-0.2, -0.15) is 0 Å². The summed E-state index contributed by atoms with van der Waals surface area (Å²) in [5.74, 6) is 0. The number of benzene rings is 1. The molecule has 0 saturated carbocycles. The molecule has 0 saturated heterocycles. The summed E-state index contributed by atoms with van der Waals surface area (Å²) in [5, 5.41) is 3.00. The number of H-pyrrole nitrogens is 1. The predicted octanol–water partition coefficient (Wildman–Crippen LogP) is 3.27. The molecule has 2 heterocycles. The van der Waals surface area contributed by atoms with Crippen LogP contribution in [-0.2, 0) is 6.42 Å². The second-order valence-corrected chi connectivity index (χ2v) is 6.19. The smallest absolute Gasteiger partial charge is 0.273 e. The second kappa shape index (κ2) is 7.27. The van der Waals surface area contributed by atoms with E-state index < -0.39 is 0 Å². The zero-order valence-electron chi connectivity index (χ0n) is 15.0. The molecule has 0 atom stereocenters. The maximum absolute atomic E-state index is 12.5. The van der Waals surface area contributed by atoms with Crippen molar-refractivity contribution in [3.63, 3.8) is 0 Å². The molecule has 26 heavy (non-hydrogen) atoms. The average Bonchev–Trinajstić information content (AvgIpc) is 3.02. The first-order valence-corrected chi connectivity index (χ1v) is 8.41. The number of nitrogens with two attached hydrogens (primary N) is 1. The van der Waals surface area contributed by atoms with Crippen molar-refractivity contribution in [3.8, 4) is 0 Å². The number of aromatic amines is 1. The highest BCUT2D eigenvalue weighted by atomic mass is 16.1. The van der Waals surface area contributed by atoms with E-state index in [2.05, 4.69) is 43.7 Å². The van der Waals surface area contributed by atoms with Crippen molar-refractivity contribution < 1.29 is 0 Å². The van der Waals surface area contributed by atoms with Gasteiger partial charge in [0.25, 0.3) is 5.56 Å². The molecule has 5 nitrogen and oxygen atoms in total. The van der Waals surface area contributed by atoms with E-state index >= 15 is 0 Å². The highest BCUT2D eigenvalue weighted by molar-refractivity contribution is 5.73. The summed E-state index contributed by atoms with van der Waals surface area (Å²) in [6.45, 7) is 7.92. The molecule has 0 aliphatic heterocycles. The van der Waals surface area contributed by atoms with Crippen molar-refractivity contribution in [2.24, 2.45) is 5.73 Å². The fraction of sp³-hybridized carbons (Fsp3) is 0.143. The summed E-state index contributed by atoms with van der Waals surface area (Å²) in [5.41, 5.74) is 12.0. The lowest BCUT2D eigenvalue weighted by atomic mass is 9.98. The molecule has 3 N–H and O–H groups in total. The van der Waals surface area contributed by atoms with Gasteiger partial charge in [0.15, 0.2) is 5.65 Å². The number of hydrogen-bond donors (Lipinski definition) is 2. The number of fused-ring (bicyclic) bond motifs is 1. The van der Waals surface area contributed by atoms with Crippen molar-refractivity contribution >= 4 is 11.2 Å². The van der Waals surface area contributed by atoms with Gasteiger partial charge in [0.1, 0.15) is 0 Å². The first-order valence-electron chi connectivity index (χ1n) is 8.41. The highest BCUT2D eigenvalue weighted by Gasteiger charge is 2.12. The SMILES string of the molecule is C=C/C=C(\C=C/N)c1cc(=O)n2[nH]cc(Cc3cccc(C)c3C)c2n1. The van der Waals surface area contributed by atoms with E-state index in [1.165, 1.54) is 33.5 Å². The first kappa shape index (κ1) is 17.5. The van der Waals surface area contributed by atoms with Crippen molar-refractivity contribution in [1.82, 2.24) is 14.6 Å². The molecule has 0 radical (unpaired) electrons. The van der Waals surface area contributed by atoms with Crippen LogP contribution in [-0.4, -0.2) is 14.6 Å². The molecule has 2 aromatic heterocycles. The fourth-order valence-electron chi connectivity index (χ4n) is 2.97. The Kier molecular flexibility index (Phi) is 4.89. The monoisotopic (exact) mass is 346 g/mol. The maximum Gasteiger partial charge on any atom is 0.273 e. The van der Waals surface area contributed by atoms with Crippen LogP contribution in [0.5, 0.6) is 0 Å². The molecule has 3 rings (SSSR count).